The first kappa shape index (κ1) is 14.8. The first-order valence-corrected chi connectivity index (χ1v) is 6.37. The summed E-state index contributed by atoms with van der Waals surface area (Å²) in [4.78, 5) is 22.0. The second-order valence-corrected chi connectivity index (χ2v) is 4.71. The molecule has 1 aliphatic heterocycles. The van der Waals surface area contributed by atoms with Gasteiger partial charge in [-0.2, -0.15) is 0 Å². The zero-order valence-corrected chi connectivity index (χ0v) is 12.0. The van der Waals surface area contributed by atoms with Crippen LogP contribution in [-0.4, -0.2) is 31.2 Å². The van der Waals surface area contributed by atoms with E-state index in [-0.39, 0.29) is 29.4 Å². The predicted octanol–water partition coefficient (Wildman–Crippen LogP) is 1.73. The van der Waals surface area contributed by atoms with Crippen molar-refractivity contribution >= 4 is 17.4 Å². The fraction of sp³-hybridized carbons (Fsp3) is 0.357. The third kappa shape index (κ3) is 2.81. The van der Waals surface area contributed by atoms with Crippen molar-refractivity contribution in [2.75, 3.05) is 14.2 Å². The normalized spacial score (nSPS) is 20.4. The smallest absolute Gasteiger partial charge is 0.314 e. The minimum atomic E-state index is -0.501. The van der Waals surface area contributed by atoms with Gasteiger partial charge in [0.1, 0.15) is 0 Å². The first-order chi connectivity index (χ1) is 9.97. The number of methoxy groups -OCH3 is 2. The predicted molar refractivity (Wildman–Crippen MR) is 75.7 cm³/mol. The average molecular weight is 292 g/mol. The van der Waals surface area contributed by atoms with E-state index in [2.05, 4.69) is 5.32 Å². The van der Waals surface area contributed by atoms with Crippen LogP contribution >= 0.6 is 0 Å². The maximum atomic E-state index is 11.6. The van der Waals surface area contributed by atoms with Crippen LogP contribution in [0, 0.1) is 16.0 Å². The van der Waals surface area contributed by atoms with Crippen molar-refractivity contribution in [3.63, 3.8) is 0 Å². The second-order valence-electron chi connectivity index (χ2n) is 4.71. The van der Waals surface area contributed by atoms with Crippen LogP contribution in [-0.2, 0) is 9.53 Å². The molecular weight excluding hydrogens is 276 g/mol. The number of carbonyl (C=O) groups excluding carboxylic acids is 1. The molecule has 0 amide bonds. The topological polar surface area (TPSA) is 90.7 Å². The summed E-state index contributed by atoms with van der Waals surface area (Å²) in [5, 5.41) is 14.0. The summed E-state index contributed by atoms with van der Waals surface area (Å²) in [7, 11) is 2.72. The zero-order chi connectivity index (χ0) is 15.6. The van der Waals surface area contributed by atoms with Crippen LogP contribution in [0.2, 0.25) is 0 Å². The lowest BCUT2D eigenvalue weighted by Crippen LogP contribution is -2.30. The number of hydrogen-bond acceptors (Lipinski definition) is 6. The number of nitrogens with zero attached hydrogens (tertiary/aromatic N) is 1. The lowest BCUT2D eigenvalue weighted by Gasteiger charge is -2.13. The highest BCUT2D eigenvalue weighted by atomic mass is 16.6. The van der Waals surface area contributed by atoms with E-state index in [4.69, 9.17) is 9.47 Å². The van der Waals surface area contributed by atoms with Crippen LogP contribution in [0.4, 0.5) is 5.69 Å². The van der Waals surface area contributed by atoms with Crippen molar-refractivity contribution in [1.82, 2.24) is 5.32 Å². The lowest BCUT2D eigenvalue weighted by molar-refractivity contribution is -0.385. The fourth-order valence-electron chi connectivity index (χ4n) is 2.29. The van der Waals surface area contributed by atoms with E-state index < -0.39 is 4.92 Å². The molecule has 7 heteroatoms. The van der Waals surface area contributed by atoms with Gasteiger partial charge in [0.25, 0.3) is 0 Å². The number of esters is 1. The molecule has 1 aromatic rings. The largest absolute Gasteiger partial charge is 0.490 e. The van der Waals surface area contributed by atoms with Crippen LogP contribution in [0.15, 0.2) is 24.3 Å². The monoisotopic (exact) mass is 292 g/mol. The number of ether oxygens (including phenoxy) is 2. The molecule has 0 saturated carbocycles. The summed E-state index contributed by atoms with van der Waals surface area (Å²) < 4.78 is 9.79. The van der Waals surface area contributed by atoms with Crippen molar-refractivity contribution in [2.24, 2.45) is 5.92 Å². The van der Waals surface area contributed by atoms with Crippen LogP contribution in [0.1, 0.15) is 12.5 Å². The van der Waals surface area contributed by atoms with E-state index >= 15 is 0 Å². The van der Waals surface area contributed by atoms with Gasteiger partial charge >= 0.3 is 11.7 Å². The van der Waals surface area contributed by atoms with E-state index in [0.717, 1.165) is 11.3 Å². The Bertz CT molecular complexity index is 611. The van der Waals surface area contributed by atoms with E-state index in [1.807, 2.05) is 6.92 Å². The molecule has 1 heterocycles. The maximum absolute atomic E-state index is 11.6. The Balaban J connectivity index is 2.35. The molecule has 2 unspecified atom stereocenters. The van der Waals surface area contributed by atoms with Crippen molar-refractivity contribution < 1.29 is 19.2 Å². The quantitative estimate of drug-likeness (QED) is 0.516. The molecule has 0 saturated heterocycles. The van der Waals surface area contributed by atoms with Gasteiger partial charge in [-0.1, -0.05) is 0 Å². The molecule has 0 spiro atoms. The van der Waals surface area contributed by atoms with E-state index in [9.17, 15) is 14.9 Å². The highest BCUT2D eigenvalue weighted by Gasteiger charge is 2.31. The van der Waals surface area contributed by atoms with Crippen molar-refractivity contribution in [3.8, 4) is 5.75 Å². The summed E-state index contributed by atoms with van der Waals surface area (Å²) in [6.07, 6.45) is 1.76. The molecule has 1 aliphatic rings. The zero-order valence-electron chi connectivity index (χ0n) is 12.0. The van der Waals surface area contributed by atoms with Gasteiger partial charge in [-0.05, 0) is 25.1 Å². The first-order valence-electron chi connectivity index (χ1n) is 6.37. The van der Waals surface area contributed by atoms with Crippen LogP contribution in [0.25, 0.3) is 5.70 Å². The Morgan fingerprint density at radius 3 is 2.67 bits per heavy atom. The molecule has 7 nitrogen and oxygen atoms in total. The number of nitro benzene ring substituents is 1. The molecule has 1 aromatic carbocycles. The Kier molecular flexibility index (Phi) is 4.11. The molecule has 2 atom stereocenters. The average Bonchev–Trinajstić information content (AvgIpc) is 2.87. The number of carbonyl (C=O) groups is 1. The van der Waals surface area contributed by atoms with E-state index in [1.165, 1.54) is 20.3 Å². The second kappa shape index (κ2) is 5.82. The number of benzene rings is 1. The third-order valence-corrected chi connectivity index (χ3v) is 3.43. The van der Waals surface area contributed by atoms with Gasteiger partial charge in [0.15, 0.2) is 5.75 Å². The highest BCUT2D eigenvalue weighted by Crippen LogP contribution is 2.32. The number of rotatable bonds is 4. The summed E-state index contributed by atoms with van der Waals surface area (Å²) in [5.41, 5.74) is 1.35. The molecule has 112 valence electrons. The summed E-state index contributed by atoms with van der Waals surface area (Å²) in [6.45, 7) is 1.87. The van der Waals surface area contributed by atoms with Gasteiger partial charge in [-0.25, -0.2) is 0 Å². The molecule has 0 bridgehead atoms. The van der Waals surface area contributed by atoms with Gasteiger partial charge in [0, 0.05) is 23.4 Å². The molecule has 0 aromatic heterocycles. The molecule has 0 radical (unpaired) electrons. The minimum absolute atomic E-state index is 0.0996. The molecule has 0 aliphatic carbocycles. The number of nitro groups is 1. The van der Waals surface area contributed by atoms with Gasteiger partial charge < -0.3 is 14.8 Å². The Hall–Kier alpha value is -2.57. The molecule has 1 N–H and O–H groups in total. The molecule has 21 heavy (non-hydrogen) atoms. The van der Waals surface area contributed by atoms with Crippen LogP contribution < -0.4 is 10.1 Å². The molecule has 0 fully saturated rings. The van der Waals surface area contributed by atoms with Crippen molar-refractivity contribution in [1.29, 1.82) is 0 Å². The van der Waals surface area contributed by atoms with Crippen molar-refractivity contribution in [2.45, 2.75) is 13.0 Å². The number of nitrogens with one attached hydrogen (secondary N) is 1. The molecular formula is C14H16N2O5. The van der Waals surface area contributed by atoms with Crippen LogP contribution in [0.5, 0.6) is 5.75 Å². The van der Waals surface area contributed by atoms with Gasteiger partial charge in [-0.15, -0.1) is 0 Å². The molecule has 2 rings (SSSR count). The fourth-order valence-corrected chi connectivity index (χ4v) is 2.29. The van der Waals surface area contributed by atoms with Gasteiger partial charge in [0.2, 0.25) is 0 Å². The standard InChI is InChI=1S/C14H16N2O5/c1-8-10(14(17)21-3)7-11(15-8)9-4-5-12(16(18)19)13(6-9)20-2/h4-8,10,15H,1-3H3. The lowest BCUT2D eigenvalue weighted by atomic mass is 10.0. The van der Waals surface area contributed by atoms with Gasteiger partial charge in [-0.3, -0.25) is 14.9 Å². The maximum Gasteiger partial charge on any atom is 0.314 e. The SMILES string of the molecule is COC(=O)C1C=C(c2ccc([N+](=O)[O-])c(OC)c2)NC1C. The Morgan fingerprint density at radius 2 is 2.10 bits per heavy atom. The summed E-state index contributed by atoms with van der Waals surface area (Å²) >= 11 is 0. The van der Waals surface area contributed by atoms with E-state index in [0.29, 0.717) is 0 Å². The Labute approximate surface area is 121 Å². The Morgan fingerprint density at radius 1 is 1.38 bits per heavy atom. The third-order valence-electron chi connectivity index (χ3n) is 3.43. The van der Waals surface area contributed by atoms with Crippen LogP contribution in [0.3, 0.4) is 0 Å². The summed E-state index contributed by atoms with van der Waals surface area (Å²) in [6, 6.07) is 4.47. The number of hydrogen-bond donors (Lipinski definition) is 1. The van der Waals surface area contributed by atoms with Crippen molar-refractivity contribution in [3.05, 3.63) is 40.0 Å². The summed E-state index contributed by atoms with van der Waals surface area (Å²) in [5.74, 6) is -0.528. The van der Waals surface area contributed by atoms with E-state index in [1.54, 1.807) is 18.2 Å². The highest BCUT2D eigenvalue weighted by molar-refractivity contribution is 5.82. The van der Waals surface area contributed by atoms with Gasteiger partial charge in [0.05, 0.1) is 25.1 Å². The minimum Gasteiger partial charge on any atom is -0.490 e.